The van der Waals surface area contributed by atoms with Gasteiger partial charge in [0.1, 0.15) is 5.75 Å². The van der Waals surface area contributed by atoms with Gasteiger partial charge in [-0.05, 0) is 24.4 Å². The summed E-state index contributed by atoms with van der Waals surface area (Å²) in [7, 11) is 0. The summed E-state index contributed by atoms with van der Waals surface area (Å²) in [5.41, 5.74) is 0.479. The van der Waals surface area contributed by atoms with Gasteiger partial charge in [0, 0.05) is 6.07 Å². The van der Waals surface area contributed by atoms with Gasteiger partial charge in [-0.2, -0.15) is 4.98 Å². The van der Waals surface area contributed by atoms with Crippen LogP contribution in [0.15, 0.2) is 40.2 Å². The summed E-state index contributed by atoms with van der Waals surface area (Å²) in [6, 6.07) is 8.47. The lowest BCUT2D eigenvalue weighted by molar-refractivity contribution is -0.385. The van der Waals surface area contributed by atoms with E-state index in [1.165, 1.54) is 17.4 Å². The lowest BCUT2D eigenvalue weighted by Gasteiger charge is -2.06. The van der Waals surface area contributed by atoms with E-state index in [-0.39, 0.29) is 12.3 Å². The fraction of sp³-hybridized carbons (Fsp3) is 0.143. The molecular weight excluding hydrogens is 306 g/mol. The number of nitrogens with zero attached hydrogens (tertiary/aromatic N) is 3. The number of nitro benzene ring substituents is 1. The normalized spacial score (nSPS) is 10.6. The molecule has 0 unspecified atom stereocenters. The Labute approximate surface area is 129 Å². The molecule has 7 nitrogen and oxygen atoms in total. The maximum absolute atomic E-state index is 10.9. The monoisotopic (exact) mass is 317 g/mol. The maximum Gasteiger partial charge on any atom is 0.276 e. The Balaban J connectivity index is 1.73. The highest BCUT2D eigenvalue weighted by atomic mass is 32.1. The third-order valence-corrected chi connectivity index (χ3v) is 3.88. The van der Waals surface area contributed by atoms with Crippen LogP contribution in [-0.4, -0.2) is 15.1 Å². The van der Waals surface area contributed by atoms with Crippen molar-refractivity contribution in [1.29, 1.82) is 0 Å². The van der Waals surface area contributed by atoms with Gasteiger partial charge in [0.05, 0.1) is 15.4 Å². The van der Waals surface area contributed by atoms with Crippen molar-refractivity contribution in [2.24, 2.45) is 0 Å². The van der Waals surface area contributed by atoms with Gasteiger partial charge >= 0.3 is 0 Å². The summed E-state index contributed by atoms with van der Waals surface area (Å²) < 4.78 is 10.7. The minimum atomic E-state index is -0.441. The van der Waals surface area contributed by atoms with Crippen LogP contribution in [0.25, 0.3) is 10.7 Å². The molecule has 2 heterocycles. The first-order valence-electron chi connectivity index (χ1n) is 6.38. The van der Waals surface area contributed by atoms with E-state index in [0.29, 0.717) is 23.0 Å². The molecule has 0 N–H and O–H groups in total. The van der Waals surface area contributed by atoms with Crippen molar-refractivity contribution in [3.8, 4) is 16.5 Å². The van der Waals surface area contributed by atoms with E-state index >= 15 is 0 Å². The van der Waals surface area contributed by atoms with Crippen LogP contribution in [0.2, 0.25) is 0 Å². The first-order chi connectivity index (χ1) is 10.6. The Bertz CT molecular complexity index is 798. The molecule has 22 heavy (non-hydrogen) atoms. The molecule has 0 saturated heterocycles. The van der Waals surface area contributed by atoms with Crippen LogP contribution in [0, 0.1) is 17.0 Å². The van der Waals surface area contributed by atoms with Gasteiger partial charge in [-0.15, -0.1) is 11.3 Å². The van der Waals surface area contributed by atoms with Crippen LogP contribution in [0.5, 0.6) is 5.75 Å². The first-order valence-corrected chi connectivity index (χ1v) is 7.26. The summed E-state index contributed by atoms with van der Waals surface area (Å²) in [6.07, 6.45) is 0. The Morgan fingerprint density at radius 3 is 2.95 bits per heavy atom. The predicted molar refractivity (Wildman–Crippen MR) is 79.8 cm³/mol. The quantitative estimate of drug-likeness (QED) is 0.527. The van der Waals surface area contributed by atoms with Crippen molar-refractivity contribution in [2.45, 2.75) is 13.5 Å². The van der Waals surface area contributed by atoms with Gasteiger partial charge in [-0.25, -0.2) is 0 Å². The molecular formula is C14H11N3O4S. The third-order valence-electron chi connectivity index (χ3n) is 3.01. The molecule has 0 bridgehead atoms. The molecule has 112 valence electrons. The van der Waals surface area contributed by atoms with Crippen LogP contribution in [0.3, 0.4) is 0 Å². The Morgan fingerprint density at radius 2 is 2.23 bits per heavy atom. The van der Waals surface area contributed by atoms with Crippen LogP contribution < -0.4 is 4.74 Å². The molecule has 0 aliphatic rings. The molecule has 0 saturated carbocycles. The molecule has 0 amide bonds. The predicted octanol–water partition coefficient (Wildman–Crippen LogP) is 3.59. The van der Waals surface area contributed by atoms with E-state index in [1.54, 1.807) is 19.1 Å². The van der Waals surface area contributed by atoms with Crippen molar-refractivity contribution in [1.82, 2.24) is 10.1 Å². The smallest absolute Gasteiger partial charge is 0.276 e. The minimum Gasteiger partial charge on any atom is -0.483 e. The lowest BCUT2D eigenvalue weighted by atomic mass is 10.2. The molecule has 1 aromatic carbocycles. The number of hydrogen-bond acceptors (Lipinski definition) is 7. The maximum atomic E-state index is 10.9. The van der Waals surface area contributed by atoms with Crippen molar-refractivity contribution in [2.75, 3.05) is 0 Å². The third kappa shape index (κ3) is 2.82. The van der Waals surface area contributed by atoms with Crippen LogP contribution in [0.1, 0.15) is 11.5 Å². The molecule has 0 atom stereocenters. The molecule has 3 rings (SSSR count). The summed E-state index contributed by atoms with van der Waals surface area (Å²) >= 11 is 1.51. The van der Waals surface area contributed by atoms with Crippen molar-refractivity contribution >= 4 is 17.0 Å². The second-order valence-corrected chi connectivity index (χ2v) is 5.38. The lowest BCUT2D eigenvalue weighted by Crippen LogP contribution is -1.99. The fourth-order valence-corrected chi connectivity index (χ4v) is 2.57. The van der Waals surface area contributed by atoms with E-state index in [9.17, 15) is 10.1 Å². The highest BCUT2D eigenvalue weighted by molar-refractivity contribution is 7.13. The first kappa shape index (κ1) is 14.2. The minimum absolute atomic E-state index is 0.0160. The summed E-state index contributed by atoms with van der Waals surface area (Å²) in [5.74, 6) is 1.24. The van der Waals surface area contributed by atoms with Crippen LogP contribution >= 0.6 is 11.3 Å². The SMILES string of the molecule is Cc1c(OCc2nc(-c3cccs3)no2)cccc1[N+](=O)[O-]. The summed E-state index contributed by atoms with van der Waals surface area (Å²) in [6.45, 7) is 1.69. The van der Waals surface area contributed by atoms with Crippen molar-refractivity contribution in [3.63, 3.8) is 0 Å². The molecule has 8 heteroatoms. The topological polar surface area (TPSA) is 91.3 Å². The fourth-order valence-electron chi connectivity index (χ4n) is 1.92. The van der Waals surface area contributed by atoms with E-state index in [4.69, 9.17) is 9.26 Å². The second kappa shape index (κ2) is 5.94. The van der Waals surface area contributed by atoms with Crippen LogP contribution in [0.4, 0.5) is 5.69 Å². The van der Waals surface area contributed by atoms with Crippen molar-refractivity contribution < 1.29 is 14.2 Å². The summed E-state index contributed by atoms with van der Waals surface area (Å²) in [4.78, 5) is 15.6. The Morgan fingerprint density at radius 1 is 1.36 bits per heavy atom. The zero-order valence-corrected chi connectivity index (χ0v) is 12.4. The number of hydrogen-bond donors (Lipinski definition) is 0. The van der Waals surface area contributed by atoms with E-state index < -0.39 is 4.92 Å². The zero-order valence-electron chi connectivity index (χ0n) is 11.6. The highest BCUT2D eigenvalue weighted by Gasteiger charge is 2.15. The Kier molecular flexibility index (Phi) is 3.84. The number of ether oxygens (including phenoxy) is 1. The van der Waals surface area contributed by atoms with Gasteiger partial charge < -0.3 is 9.26 Å². The molecule has 0 spiro atoms. The molecule has 0 aliphatic carbocycles. The summed E-state index contributed by atoms with van der Waals surface area (Å²) in [5, 5.41) is 16.7. The molecule has 2 aromatic heterocycles. The molecule has 0 radical (unpaired) electrons. The average Bonchev–Trinajstić information content (AvgIpc) is 3.17. The largest absolute Gasteiger partial charge is 0.483 e. The molecule has 0 fully saturated rings. The van der Waals surface area contributed by atoms with Gasteiger partial charge in [-0.1, -0.05) is 17.3 Å². The van der Waals surface area contributed by atoms with Gasteiger partial charge in [-0.3, -0.25) is 10.1 Å². The molecule has 0 aliphatic heterocycles. The van der Waals surface area contributed by atoms with Gasteiger partial charge in [0.2, 0.25) is 5.82 Å². The standard InChI is InChI=1S/C14H11N3O4S/c1-9-10(17(18)19)4-2-5-11(9)20-8-13-15-14(16-21-13)12-6-3-7-22-12/h2-7H,8H2,1H3. The average molecular weight is 317 g/mol. The Hall–Kier alpha value is -2.74. The number of benzene rings is 1. The number of aromatic nitrogens is 2. The van der Waals surface area contributed by atoms with Crippen molar-refractivity contribution in [3.05, 3.63) is 57.3 Å². The van der Waals surface area contributed by atoms with E-state index in [1.807, 2.05) is 17.5 Å². The number of rotatable bonds is 5. The molecule has 3 aromatic rings. The van der Waals surface area contributed by atoms with E-state index in [2.05, 4.69) is 10.1 Å². The van der Waals surface area contributed by atoms with Gasteiger partial charge in [0.25, 0.3) is 11.6 Å². The van der Waals surface area contributed by atoms with Crippen LogP contribution in [-0.2, 0) is 6.61 Å². The van der Waals surface area contributed by atoms with E-state index in [0.717, 1.165) is 4.88 Å². The highest BCUT2D eigenvalue weighted by Crippen LogP contribution is 2.28. The second-order valence-electron chi connectivity index (χ2n) is 4.44. The number of nitro groups is 1. The number of thiophene rings is 1. The van der Waals surface area contributed by atoms with Gasteiger partial charge in [0.15, 0.2) is 6.61 Å². The zero-order chi connectivity index (χ0) is 15.5.